The van der Waals surface area contributed by atoms with E-state index < -0.39 is 0 Å². The molecule has 0 unspecified atom stereocenters. The van der Waals surface area contributed by atoms with Crippen molar-refractivity contribution in [3.8, 4) is 0 Å². The van der Waals surface area contributed by atoms with Crippen LogP contribution in [0.1, 0.15) is 10.5 Å². The summed E-state index contributed by atoms with van der Waals surface area (Å²) < 4.78 is 0. The first-order valence-corrected chi connectivity index (χ1v) is 5.25. The molecule has 1 amide bonds. The van der Waals surface area contributed by atoms with Crippen LogP contribution in [0.5, 0.6) is 0 Å². The van der Waals surface area contributed by atoms with Crippen molar-refractivity contribution in [1.82, 2.24) is 4.98 Å². The van der Waals surface area contributed by atoms with Crippen molar-refractivity contribution in [1.29, 1.82) is 0 Å². The second-order valence-corrected chi connectivity index (χ2v) is 3.72. The number of hydrogen-bond donors (Lipinski definition) is 2. The van der Waals surface area contributed by atoms with Crippen LogP contribution in [-0.2, 0) is 0 Å². The van der Waals surface area contributed by atoms with E-state index in [1.54, 1.807) is 12.1 Å². The number of rotatable bonds is 2. The van der Waals surface area contributed by atoms with E-state index >= 15 is 0 Å². The molecule has 0 saturated carbocycles. The first-order valence-electron chi connectivity index (χ1n) is 4.31. The molecule has 2 heterocycles. The monoisotopic (exact) mass is 219 g/mol. The van der Waals surface area contributed by atoms with Crippen LogP contribution >= 0.6 is 11.3 Å². The minimum Gasteiger partial charge on any atom is -0.397 e. The van der Waals surface area contributed by atoms with E-state index in [1.807, 2.05) is 16.8 Å². The fraction of sp³-hybridized carbons (Fsp3) is 0. The minimum atomic E-state index is -0.228. The van der Waals surface area contributed by atoms with Gasteiger partial charge in [0.25, 0.3) is 5.91 Å². The van der Waals surface area contributed by atoms with Gasteiger partial charge in [-0.25, -0.2) is 4.98 Å². The zero-order chi connectivity index (χ0) is 10.7. The minimum absolute atomic E-state index is 0.228. The van der Waals surface area contributed by atoms with Gasteiger partial charge in [0, 0.05) is 5.38 Å². The lowest BCUT2D eigenvalue weighted by Gasteiger charge is -2.01. The number of carbonyl (C=O) groups excluding carboxylic acids is 1. The molecule has 0 fully saturated rings. The molecule has 2 rings (SSSR count). The Morgan fingerprint density at radius 2 is 2.27 bits per heavy atom. The van der Waals surface area contributed by atoms with Crippen molar-refractivity contribution in [2.24, 2.45) is 0 Å². The van der Waals surface area contributed by atoms with E-state index in [4.69, 9.17) is 5.73 Å². The van der Waals surface area contributed by atoms with Gasteiger partial charge in [-0.1, -0.05) is 0 Å². The Hall–Kier alpha value is -1.88. The standard InChI is InChI=1S/C10H9N3OS/c11-7-1-2-9(12-5-7)10(14)13-8-3-4-15-6-8/h1-6H,11H2,(H,13,14). The zero-order valence-electron chi connectivity index (χ0n) is 7.81. The van der Waals surface area contributed by atoms with Crippen molar-refractivity contribution >= 4 is 28.6 Å². The number of carbonyl (C=O) groups is 1. The lowest BCUT2D eigenvalue weighted by molar-refractivity contribution is 0.102. The Bertz CT molecular complexity index is 450. The molecule has 3 N–H and O–H groups in total. The Labute approximate surface area is 90.8 Å². The molecule has 0 aliphatic rings. The molecule has 2 aromatic heterocycles. The summed E-state index contributed by atoms with van der Waals surface area (Å²) >= 11 is 1.52. The number of nitrogens with zero attached hydrogens (tertiary/aromatic N) is 1. The van der Waals surface area contributed by atoms with E-state index in [0.717, 1.165) is 5.69 Å². The normalized spacial score (nSPS) is 9.87. The molecule has 5 heteroatoms. The fourth-order valence-electron chi connectivity index (χ4n) is 1.07. The van der Waals surface area contributed by atoms with Crippen LogP contribution in [0.3, 0.4) is 0 Å². The number of anilines is 2. The Kier molecular flexibility index (Phi) is 2.64. The van der Waals surface area contributed by atoms with Gasteiger partial charge in [0.2, 0.25) is 0 Å². The van der Waals surface area contributed by atoms with Gasteiger partial charge in [0.15, 0.2) is 0 Å². The third-order valence-electron chi connectivity index (χ3n) is 1.80. The predicted octanol–water partition coefficient (Wildman–Crippen LogP) is 1.98. The van der Waals surface area contributed by atoms with E-state index in [1.165, 1.54) is 17.5 Å². The topological polar surface area (TPSA) is 68.0 Å². The number of pyridine rings is 1. The van der Waals surface area contributed by atoms with Crippen LogP contribution in [0.15, 0.2) is 35.2 Å². The number of nitrogens with one attached hydrogen (secondary N) is 1. The largest absolute Gasteiger partial charge is 0.397 e. The van der Waals surface area contributed by atoms with Crippen LogP contribution in [0.25, 0.3) is 0 Å². The average Bonchev–Trinajstić information content (AvgIpc) is 2.71. The number of nitrogens with two attached hydrogens (primary N) is 1. The zero-order valence-corrected chi connectivity index (χ0v) is 8.62. The molecule has 4 nitrogen and oxygen atoms in total. The van der Waals surface area contributed by atoms with Gasteiger partial charge in [0.05, 0.1) is 17.6 Å². The summed E-state index contributed by atoms with van der Waals surface area (Å²) in [6.07, 6.45) is 1.46. The lowest BCUT2D eigenvalue weighted by Crippen LogP contribution is -2.12. The summed E-state index contributed by atoms with van der Waals surface area (Å²) in [5, 5.41) is 6.48. The number of aromatic nitrogens is 1. The quantitative estimate of drug-likeness (QED) is 0.811. The van der Waals surface area contributed by atoms with Crippen molar-refractivity contribution in [2.75, 3.05) is 11.1 Å². The maximum Gasteiger partial charge on any atom is 0.274 e. The highest BCUT2D eigenvalue weighted by Crippen LogP contribution is 2.13. The molecule has 0 saturated heterocycles. The summed E-state index contributed by atoms with van der Waals surface area (Å²) in [7, 11) is 0. The molecule has 0 aromatic carbocycles. The number of nitrogen functional groups attached to an aromatic ring is 1. The summed E-state index contributed by atoms with van der Waals surface area (Å²) in [5.41, 5.74) is 7.15. The Balaban J connectivity index is 2.11. The average molecular weight is 219 g/mol. The molecule has 0 aliphatic heterocycles. The van der Waals surface area contributed by atoms with E-state index in [-0.39, 0.29) is 5.91 Å². The maximum atomic E-state index is 11.6. The van der Waals surface area contributed by atoms with Crippen LogP contribution in [0.4, 0.5) is 11.4 Å². The molecule has 0 bridgehead atoms. The second-order valence-electron chi connectivity index (χ2n) is 2.94. The Morgan fingerprint density at radius 3 is 2.87 bits per heavy atom. The van der Waals surface area contributed by atoms with Crippen molar-refractivity contribution in [3.63, 3.8) is 0 Å². The van der Waals surface area contributed by atoms with E-state index in [9.17, 15) is 4.79 Å². The van der Waals surface area contributed by atoms with Crippen LogP contribution in [0, 0.1) is 0 Å². The molecule has 0 aliphatic carbocycles. The second kappa shape index (κ2) is 4.10. The fourth-order valence-corrected chi connectivity index (χ4v) is 1.66. The van der Waals surface area contributed by atoms with Crippen LogP contribution < -0.4 is 11.1 Å². The molecule has 76 valence electrons. The van der Waals surface area contributed by atoms with Gasteiger partial charge < -0.3 is 11.1 Å². The van der Waals surface area contributed by atoms with E-state index in [0.29, 0.717) is 11.4 Å². The summed E-state index contributed by atoms with van der Waals surface area (Å²) in [5.74, 6) is -0.228. The van der Waals surface area contributed by atoms with Gasteiger partial charge in [-0.15, -0.1) is 0 Å². The third-order valence-corrected chi connectivity index (χ3v) is 2.48. The lowest BCUT2D eigenvalue weighted by atomic mass is 10.3. The van der Waals surface area contributed by atoms with Gasteiger partial charge in [-0.2, -0.15) is 11.3 Å². The van der Waals surface area contributed by atoms with Crippen LogP contribution in [-0.4, -0.2) is 10.9 Å². The first-order chi connectivity index (χ1) is 7.25. The predicted molar refractivity (Wildman–Crippen MR) is 60.9 cm³/mol. The van der Waals surface area contributed by atoms with Crippen molar-refractivity contribution in [3.05, 3.63) is 40.8 Å². The SMILES string of the molecule is Nc1ccc(C(=O)Nc2ccsc2)nc1. The van der Waals surface area contributed by atoms with E-state index in [2.05, 4.69) is 10.3 Å². The highest BCUT2D eigenvalue weighted by molar-refractivity contribution is 7.08. The summed E-state index contributed by atoms with van der Waals surface area (Å²) in [6.45, 7) is 0. The molecule has 0 radical (unpaired) electrons. The molecule has 15 heavy (non-hydrogen) atoms. The Morgan fingerprint density at radius 1 is 1.40 bits per heavy atom. The van der Waals surface area contributed by atoms with Gasteiger partial charge >= 0.3 is 0 Å². The highest BCUT2D eigenvalue weighted by Gasteiger charge is 2.06. The molecule has 2 aromatic rings. The van der Waals surface area contributed by atoms with Gasteiger partial charge in [0.1, 0.15) is 5.69 Å². The molecular weight excluding hydrogens is 210 g/mol. The summed E-state index contributed by atoms with van der Waals surface area (Å²) in [4.78, 5) is 15.5. The number of thiophene rings is 1. The molecule has 0 spiro atoms. The van der Waals surface area contributed by atoms with Crippen molar-refractivity contribution < 1.29 is 4.79 Å². The number of hydrogen-bond acceptors (Lipinski definition) is 4. The molecule has 0 atom stereocenters. The van der Waals surface area contributed by atoms with Crippen molar-refractivity contribution in [2.45, 2.75) is 0 Å². The number of amides is 1. The first kappa shape index (κ1) is 9.67. The van der Waals surface area contributed by atoms with Gasteiger partial charge in [-0.05, 0) is 23.6 Å². The highest BCUT2D eigenvalue weighted by atomic mass is 32.1. The van der Waals surface area contributed by atoms with Gasteiger partial charge in [-0.3, -0.25) is 4.79 Å². The maximum absolute atomic E-state index is 11.6. The smallest absolute Gasteiger partial charge is 0.274 e. The van der Waals surface area contributed by atoms with Crippen LogP contribution in [0.2, 0.25) is 0 Å². The third kappa shape index (κ3) is 2.32. The summed E-state index contributed by atoms with van der Waals surface area (Å²) in [6, 6.07) is 5.08. The molecular formula is C10H9N3OS.